The molecule has 0 saturated carbocycles. The summed E-state index contributed by atoms with van der Waals surface area (Å²) in [4.78, 5) is 14.9. The summed E-state index contributed by atoms with van der Waals surface area (Å²) in [6, 6.07) is 5.03. The minimum absolute atomic E-state index is 0.311. The monoisotopic (exact) mass is 222 g/mol. The van der Waals surface area contributed by atoms with Crippen molar-refractivity contribution in [1.29, 1.82) is 0 Å². The molecule has 5 nitrogen and oxygen atoms in total. The first kappa shape index (κ1) is 9.79. The number of hydrogen-bond acceptors (Lipinski definition) is 4. The Balaban J connectivity index is 2.26. The molecule has 6 heteroatoms. The van der Waals surface area contributed by atoms with E-state index in [0.29, 0.717) is 17.4 Å². The molecule has 2 aromatic rings. The van der Waals surface area contributed by atoms with Gasteiger partial charge in [0.05, 0.1) is 12.2 Å². The van der Waals surface area contributed by atoms with Crippen molar-refractivity contribution in [3.05, 3.63) is 51.9 Å². The van der Waals surface area contributed by atoms with Crippen LogP contribution in [0.15, 0.2) is 35.4 Å². The third-order valence-electron chi connectivity index (χ3n) is 1.80. The highest BCUT2D eigenvalue weighted by atomic mass is 35.5. The minimum atomic E-state index is -0.311. The predicted molar refractivity (Wildman–Crippen MR) is 54.6 cm³/mol. The Morgan fingerprint density at radius 2 is 2.20 bits per heavy atom. The van der Waals surface area contributed by atoms with Gasteiger partial charge in [-0.1, -0.05) is 11.6 Å². The van der Waals surface area contributed by atoms with E-state index in [0.717, 1.165) is 0 Å². The standard InChI is InChI=1S/C9H7ClN4O/c10-8-3-2-7(12-13-8)6-14-5-1-4-11-9(14)15/h1-5H,6H2. The molecule has 0 spiro atoms. The van der Waals surface area contributed by atoms with Crippen LogP contribution in [0.2, 0.25) is 5.15 Å². The lowest BCUT2D eigenvalue weighted by Crippen LogP contribution is -2.22. The van der Waals surface area contributed by atoms with Crippen LogP contribution in [0.1, 0.15) is 5.69 Å². The molecule has 0 aliphatic carbocycles. The Bertz CT molecular complexity index is 508. The first-order valence-corrected chi connectivity index (χ1v) is 4.63. The summed E-state index contributed by atoms with van der Waals surface area (Å²) in [5.74, 6) is 0. The summed E-state index contributed by atoms with van der Waals surface area (Å²) in [5, 5.41) is 7.86. The van der Waals surface area contributed by atoms with E-state index in [9.17, 15) is 4.79 Å². The van der Waals surface area contributed by atoms with Crippen LogP contribution in [-0.4, -0.2) is 19.7 Å². The summed E-state index contributed by atoms with van der Waals surface area (Å²) >= 11 is 5.59. The van der Waals surface area contributed by atoms with Gasteiger partial charge in [-0.05, 0) is 18.2 Å². The van der Waals surface area contributed by atoms with Crippen LogP contribution in [0.4, 0.5) is 0 Å². The average molecular weight is 223 g/mol. The number of halogens is 1. The van der Waals surface area contributed by atoms with E-state index >= 15 is 0 Å². The van der Waals surface area contributed by atoms with Crippen LogP contribution < -0.4 is 5.69 Å². The molecule has 2 rings (SSSR count). The van der Waals surface area contributed by atoms with Gasteiger partial charge in [-0.25, -0.2) is 9.78 Å². The first-order valence-electron chi connectivity index (χ1n) is 4.25. The summed E-state index contributed by atoms with van der Waals surface area (Å²) in [5.41, 5.74) is 0.351. The third-order valence-corrected chi connectivity index (χ3v) is 2.00. The molecular formula is C9H7ClN4O. The van der Waals surface area contributed by atoms with Crippen molar-refractivity contribution >= 4 is 11.6 Å². The maximum Gasteiger partial charge on any atom is 0.347 e. The molecule has 0 bridgehead atoms. The summed E-state index contributed by atoms with van der Waals surface area (Å²) in [6.07, 6.45) is 3.10. The van der Waals surface area contributed by atoms with Gasteiger partial charge in [0.2, 0.25) is 0 Å². The molecule has 0 N–H and O–H groups in total. The highest BCUT2D eigenvalue weighted by Crippen LogP contribution is 2.02. The van der Waals surface area contributed by atoms with Gasteiger partial charge in [0.1, 0.15) is 0 Å². The van der Waals surface area contributed by atoms with Crippen LogP contribution >= 0.6 is 11.6 Å². The van der Waals surface area contributed by atoms with E-state index in [1.807, 2.05) is 0 Å². The fraction of sp³-hybridized carbons (Fsp3) is 0.111. The van der Waals surface area contributed by atoms with E-state index in [2.05, 4.69) is 15.2 Å². The Morgan fingerprint density at radius 3 is 2.87 bits per heavy atom. The average Bonchev–Trinajstić information content (AvgIpc) is 2.25. The van der Waals surface area contributed by atoms with E-state index in [1.54, 1.807) is 24.4 Å². The SMILES string of the molecule is O=c1ncccn1Cc1ccc(Cl)nn1. The maximum absolute atomic E-state index is 11.3. The molecular weight excluding hydrogens is 216 g/mol. The second kappa shape index (κ2) is 4.18. The molecule has 2 heterocycles. The molecule has 0 aromatic carbocycles. The van der Waals surface area contributed by atoms with Crippen molar-refractivity contribution in [2.45, 2.75) is 6.54 Å². The van der Waals surface area contributed by atoms with E-state index in [1.165, 1.54) is 10.8 Å². The predicted octanol–water partition coefficient (Wildman–Crippen LogP) is 0.735. The van der Waals surface area contributed by atoms with Gasteiger partial charge in [0.25, 0.3) is 0 Å². The van der Waals surface area contributed by atoms with Gasteiger partial charge in [0, 0.05) is 12.4 Å². The van der Waals surface area contributed by atoms with E-state index in [-0.39, 0.29) is 5.69 Å². The van der Waals surface area contributed by atoms with Gasteiger partial charge >= 0.3 is 5.69 Å². The molecule has 0 fully saturated rings. The lowest BCUT2D eigenvalue weighted by Gasteiger charge is -2.02. The lowest BCUT2D eigenvalue weighted by molar-refractivity contribution is 0.698. The Kier molecular flexibility index (Phi) is 2.73. The minimum Gasteiger partial charge on any atom is -0.293 e. The first-order chi connectivity index (χ1) is 7.25. The van der Waals surface area contributed by atoms with Crippen molar-refractivity contribution < 1.29 is 0 Å². The molecule has 2 aromatic heterocycles. The molecule has 76 valence electrons. The highest BCUT2D eigenvalue weighted by molar-refractivity contribution is 6.29. The fourth-order valence-electron chi connectivity index (χ4n) is 1.11. The molecule has 0 aliphatic heterocycles. The van der Waals surface area contributed by atoms with Crippen LogP contribution in [0.25, 0.3) is 0 Å². The normalized spacial score (nSPS) is 10.2. The van der Waals surface area contributed by atoms with Gasteiger partial charge in [-0.15, -0.1) is 5.10 Å². The Labute approximate surface area is 90.4 Å². The Hall–Kier alpha value is -1.75. The maximum atomic E-state index is 11.3. The second-order valence-electron chi connectivity index (χ2n) is 2.88. The molecule has 0 unspecified atom stereocenters. The van der Waals surface area contributed by atoms with Gasteiger partial charge in [-0.2, -0.15) is 5.10 Å². The molecule has 15 heavy (non-hydrogen) atoms. The molecule has 0 radical (unpaired) electrons. The van der Waals surface area contributed by atoms with Gasteiger partial charge in [0.15, 0.2) is 5.15 Å². The van der Waals surface area contributed by atoms with Gasteiger partial charge in [-0.3, -0.25) is 4.57 Å². The van der Waals surface area contributed by atoms with Crippen molar-refractivity contribution in [1.82, 2.24) is 19.7 Å². The molecule has 0 atom stereocenters. The zero-order valence-electron chi connectivity index (χ0n) is 7.67. The van der Waals surface area contributed by atoms with Crippen molar-refractivity contribution in [3.8, 4) is 0 Å². The summed E-state index contributed by atoms with van der Waals surface area (Å²) in [6.45, 7) is 0.344. The van der Waals surface area contributed by atoms with E-state index < -0.39 is 0 Å². The fourth-order valence-corrected chi connectivity index (χ4v) is 1.21. The Morgan fingerprint density at radius 1 is 1.33 bits per heavy atom. The van der Waals surface area contributed by atoms with Crippen LogP contribution in [0.3, 0.4) is 0 Å². The largest absolute Gasteiger partial charge is 0.347 e. The lowest BCUT2D eigenvalue weighted by atomic mass is 10.4. The highest BCUT2D eigenvalue weighted by Gasteiger charge is 1.99. The topological polar surface area (TPSA) is 60.7 Å². The van der Waals surface area contributed by atoms with Crippen molar-refractivity contribution in [2.24, 2.45) is 0 Å². The summed E-state index contributed by atoms with van der Waals surface area (Å²) < 4.78 is 1.44. The third kappa shape index (κ3) is 2.38. The summed E-state index contributed by atoms with van der Waals surface area (Å²) in [7, 11) is 0. The number of aromatic nitrogens is 4. The van der Waals surface area contributed by atoms with Crippen LogP contribution in [0.5, 0.6) is 0 Å². The smallest absolute Gasteiger partial charge is 0.293 e. The van der Waals surface area contributed by atoms with Gasteiger partial charge < -0.3 is 0 Å². The number of rotatable bonds is 2. The van der Waals surface area contributed by atoms with Crippen molar-refractivity contribution in [2.75, 3.05) is 0 Å². The van der Waals surface area contributed by atoms with Crippen LogP contribution in [-0.2, 0) is 6.54 Å². The number of hydrogen-bond donors (Lipinski definition) is 0. The number of nitrogens with zero attached hydrogens (tertiary/aromatic N) is 4. The van der Waals surface area contributed by atoms with Crippen molar-refractivity contribution in [3.63, 3.8) is 0 Å². The van der Waals surface area contributed by atoms with E-state index in [4.69, 9.17) is 11.6 Å². The quantitative estimate of drug-likeness (QED) is 0.752. The molecule has 0 aliphatic rings. The molecule has 0 saturated heterocycles. The van der Waals surface area contributed by atoms with Crippen LogP contribution in [0, 0.1) is 0 Å². The second-order valence-corrected chi connectivity index (χ2v) is 3.26. The zero-order valence-corrected chi connectivity index (χ0v) is 8.42. The zero-order chi connectivity index (χ0) is 10.7. The molecule has 0 amide bonds.